The van der Waals surface area contributed by atoms with Crippen LogP contribution < -0.4 is 5.73 Å². The van der Waals surface area contributed by atoms with E-state index in [9.17, 15) is 14.0 Å². The molecule has 3 rings (SSSR count). The fourth-order valence-electron chi connectivity index (χ4n) is 3.01. The molecule has 26 heavy (non-hydrogen) atoms. The molecular weight excluding hydrogens is 354 g/mol. The quantitative estimate of drug-likeness (QED) is 0.684. The highest BCUT2D eigenvalue weighted by Crippen LogP contribution is 2.36. The van der Waals surface area contributed by atoms with Crippen LogP contribution >= 0.6 is 11.6 Å². The maximum absolute atomic E-state index is 14.4. The third-order valence-corrected chi connectivity index (χ3v) is 4.64. The van der Waals surface area contributed by atoms with Crippen molar-refractivity contribution in [1.82, 2.24) is 0 Å². The molecule has 2 nitrogen and oxygen atoms in total. The third-order valence-electron chi connectivity index (χ3n) is 4.32. The first-order valence-electron chi connectivity index (χ1n) is 7.99. The van der Waals surface area contributed by atoms with E-state index in [-0.39, 0.29) is 27.6 Å². The van der Waals surface area contributed by atoms with E-state index in [1.165, 1.54) is 6.07 Å². The van der Waals surface area contributed by atoms with Gasteiger partial charge in [0.05, 0.1) is 11.6 Å². The number of rotatable bonds is 4. The molecule has 0 heterocycles. The van der Waals surface area contributed by atoms with Crippen molar-refractivity contribution in [1.29, 1.82) is 5.26 Å². The Kier molecular flexibility index (Phi) is 5.32. The lowest BCUT2D eigenvalue weighted by molar-refractivity contribution is 0.511. The van der Waals surface area contributed by atoms with Crippen LogP contribution in [0.3, 0.4) is 0 Å². The molecule has 0 spiro atoms. The Hall–Kier alpha value is -2.74. The number of hydrogen-bond donors (Lipinski definition) is 1. The molecule has 5 heteroatoms. The highest BCUT2D eigenvalue weighted by atomic mass is 35.5. The molecule has 0 saturated carbocycles. The van der Waals surface area contributed by atoms with Crippen molar-refractivity contribution in [2.24, 2.45) is 5.73 Å². The smallest absolute Gasteiger partial charge is 0.168 e. The molecule has 0 aliphatic heterocycles. The minimum absolute atomic E-state index is 0.0203. The molecule has 2 N–H and O–H groups in total. The molecule has 1 unspecified atom stereocenters. The van der Waals surface area contributed by atoms with Gasteiger partial charge in [-0.05, 0) is 35.4 Å². The summed E-state index contributed by atoms with van der Waals surface area (Å²) in [5.41, 5.74) is 7.92. The van der Waals surface area contributed by atoms with E-state index in [1.54, 1.807) is 18.2 Å². The van der Waals surface area contributed by atoms with Crippen LogP contribution in [0.15, 0.2) is 60.7 Å². The summed E-state index contributed by atoms with van der Waals surface area (Å²) in [7, 11) is 0. The average molecular weight is 369 g/mol. The molecule has 0 aromatic heterocycles. The van der Waals surface area contributed by atoms with Crippen molar-refractivity contribution < 1.29 is 8.78 Å². The van der Waals surface area contributed by atoms with Crippen LogP contribution in [-0.4, -0.2) is 6.54 Å². The lowest BCUT2D eigenvalue weighted by atomic mass is 9.88. The van der Waals surface area contributed by atoms with Gasteiger partial charge in [0.25, 0.3) is 0 Å². The Morgan fingerprint density at radius 3 is 2.38 bits per heavy atom. The maximum atomic E-state index is 14.4. The standard InChI is InChI=1S/C21H15ClF2N2/c22-18-8-6-14(17(12-26)13-4-2-1-3-5-13)10-16(18)20-15(11-25)7-9-19(23)21(20)24/h1-10,17H,12,26H2. The Morgan fingerprint density at radius 1 is 1.00 bits per heavy atom. The molecule has 3 aromatic carbocycles. The van der Waals surface area contributed by atoms with Crippen LogP contribution in [0.1, 0.15) is 22.6 Å². The maximum Gasteiger partial charge on any atom is 0.168 e. The fourth-order valence-corrected chi connectivity index (χ4v) is 3.22. The van der Waals surface area contributed by atoms with E-state index in [4.69, 9.17) is 17.3 Å². The van der Waals surface area contributed by atoms with Crippen LogP contribution in [0.2, 0.25) is 5.02 Å². The zero-order valence-corrected chi connectivity index (χ0v) is 14.5. The van der Waals surface area contributed by atoms with Crippen LogP contribution in [0.4, 0.5) is 8.78 Å². The Labute approximate surface area is 155 Å². The first-order chi connectivity index (χ1) is 12.6. The summed E-state index contributed by atoms with van der Waals surface area (Å²) in [5, 5.41) is 9.52. The fraction of sp³-hybridized carbons (Fsp3) is 0.0952. The molecule has 130 valence electrons. The van der Waals surface area contributed by atoms with Gasteiger partial charge < -0.3 is 5.73 Å². The van der Waals surface area contributed by atoms with Crippen LogP contribution in [0.25, 0.3) is 11.1 Å². The zero-order valence-electron chi connectivity index (χ0n) is 13.7. The topological polar surface area (TPSA) is 49.8 Å². The van der Waals surface area contributed by atoms with Gasteiger partial charge in [0.15, 0.2) is 11.6 Å². The number of benzene rings is 3. The summed E-state index contributed by atoms with van der Waals surface area (Å²) in [6, 6.07) is 18.8. The summed E-state index contributed by atoms with van der Waals surface area (Å²) in [4.78, 5) is 0. The average Bonchev–Trinajstić information content (AvgIpc) is 2.67. The van der Waals surface area contributed by atoms with Gasteiger partial charge in [0.2, 0.25) is 0 Å². The van der Waals surface area contributed by atoms with Crippen molar-refractivity contribution in [3.05, 3.63) is 94.0 Å². The molecule has 0 bridgehead atoms. The Bertz CT molecular complexity index is 981. The number of hydrogen-bond acceptors (Lipinski definition) is 2. The molecule has 0 fully saturated rings. The van der Waals surface area contributed by atoms with Crippen molar-refractivity contribution in [2.45, 2.75) is 5.92 Å². The van der Waals surface area contributed by atoms with Gasteiger partial charge in [-0.1, -0.05) is 48.0 Å². The Balaban J connectivity index is 2.19. The Morgan fingerprint density at radius 2 is 1.73 bits per heavy atom. The van der Waals surface area contributed by atoms with Gasteiger partial charge in [-0.25, -0.2) is 8.78 Å². The van der Waals surface area contributed by atoms with Crippen LogP contribution in [0, 0.1) is 23.0 Å². The zero-order chi connectivity index (χ0) is 18.7. The molecule has 3 aromatic rings. The lowest BCUT2D eigenvalue weighted by Crippen LogP contribution is -2.14. The predicted molar refractivity (Wildman–Crippen MR) is 98.9 cm³/mol. The molecule has 0 amide bonds. The number of nitrogens with zero attached hydrogens (tertiary/aromatic N) is 1. The second-order valence-corrected chi connectivity index (χ2v) is 6.24. The molecule has 0 aliphatic carbocycles. The highest BCUT2D eigenvalue weighted by Gasteiger charge is 2.20. The van der Waals surface area contributed by atoms with Gasteiger partial charge in [-0.2, -0.15) is 5.26 Å². The summed E-state index contributed by atoms with van der Waals surface area (Å²) >= 11 is 6.25. The van der Waals surface area contributed by atoms with Crippen LogP contribution in [-0.2, 0) is 0 Å². The van der Waals surface area contributed by atoms with Gasteiger partial charge in [0.1, 0.15) is 0 Å². The number of nitriles is 1. The monoisotopic (exact) mass is 368 g/mol. The van der Waals surface area contributed by atoms with Crippen LogP contribution in [0.5, 0.6) is 0 Å². The normalized spacial score (nSPS) is 11.8. The minimum Gasteiger partial charge on any atom is -0.330 e. The number of halogens is 3. The largest absolute Gasteiger partial charge is 0.330 e. The van der Waals surface area contributed by atoms with Gasteiger partial charge in [-0.15, -0.1) is 0 Å². The van der Waals surface area contributed by atoms with Crippen molar-refractivity contribution in [2.75, 3.05) is 6.54 Å². The number of nitrogens with two attached hydrogens (primary N) is 1. The second-order valence-electron chi connectivity index (χ2n) is 5.83. The van der Waals surface area contributed by atoms with Gasteiger partial charge >= 0.3 is 0 Å². The van der Waals surface area contributed by atoms with Crippen molar-refractivity contribution in [3.63, 3.8) is 0 Å². The van der Waals surface area contributed by atoms with Gasteiger partial charge in [-0.3, -0.25) is 0 Å². The van der Waals surface area contributed by atoms with Crippen molar-refractivity contribution >= 4 is 11.6 Å². The van der Waals surface area contributed by atoms with E-state index in [2.05, 4.69) is 0 Å². The second kappa shape index (κ2) is 7.65. The lowest BCUT2D eigenvalue weighted by Gasteiger charge is -2.18. The van der Waals surface area contributed by atoms with Crippen molar-refractivity contribution in [3.8, 4) is 17.2 Å². The van der Waals surface area contributed by atoms with Gasteiger partial charge in [0, 0.05) is 28.6 Å². The SMILES string of the molecule is N#Cc1ccc(F)c(F)c1-c1cc(C(CN)c2ccccc2)ccc1Cl. The molecule has 0 aliphatic rings. The first-order valence-corrected chi connectivity index (χ1v) is 8.37. The summed E-state index contributed by atoms with van der Waals surface area (Å²) in [6.45, 7) is 0.335. The van der Waals surface area contributed by atoms with E-state index in [1.807, 2.05) is 36.4 Å². The van der Waals surface area contributed by atoms with E-state index in [0.29, 0.717) is 6.54 Å². The first kappa shape index (κ1) is 18.1. The summed E-state index contributed by atoms with van der Waals surface area (Å²) < 4.78 is 28.2. The molecule has 1 atom stereocenters. The highest BCUT2D eigenvalue weighted by molar-refractivity contribution is 6.33. The van der Waals surface area contributed by atoms with E-state index >= 15 is 0 Å². The third kappa shape index (κ3) is 3.32. The van der Waals surface area contributed by atoms with E-state index < -0.39 is 11.6 Å². The molecule has 0 saturated heterocycles. The van der Waals surface area contributed by atoms with E-state index in [0.717, 1.165) is 17.2 Å². The molecular formula is C21H15ClF2N2. The minimum atomic E-state index is -1.09. The summed E-state index contributed by atoms with van der Waals surface area (Å²) in [6.07, 6.45) is 0. The predicted octanol–water partition coefficient (Wildman–Crippen LogP) is 5.25. The summed E-state index contributed by atoms with van der Waals surface area (Å²) in [5.74, 6) is -2.25. The molecule has 0 radical (unpaired) electrons.